The number of nitrogens with zero attached hydrogens (tertiary/aromatic N) is 1. The van der Waals surface area contributed by atoms with Crippen molar-refractivity contribution in [3.05, 3.63) is 29.1 Å². The van der Waals surface area contributed by atoms with E-state index in [1.165, 1.54) is 24.0 Å². The lowest BCUT2D eigenvalue weighted by molar-refractivity contribution is 0.101. The Bertz CT molecular complexity index is 372. The monoisotopic (exact) mass is 234 g/mol. The average molecular weight is 234 g/mol. The zero-order valence-corrected chi connectivity index (χ0v) is 10.8. The zero-order chi connectivity index (χ0) is 12.3. The maximum absolute atomic E-state index is 6.21. The fraction of sp³-hybridized carbons (Fsp3) is 0.643. The summed E-state index contributed by atoms with van der Waals surface area (Å²) < 4.78 is 5.61. The number of aromatic nitrogens is 1. The molecule has 0 radical (unpaired) electrons. The van der Waals surface area contributed by atoms with Crippen LogP contribution in [0.1, 0.15) is 48.5 Å². The summed E-state index contributed by atoms with van der Waals surface area (Å²) in [7, 11) is 0. The summed E-state index contributed by atoms with van der Waals surface area (Å²) in [6.45, 7) is 5.06. The second-order valence-electron chi connectivity index (χ2n) is 5.03. The molecule has 1 saturated heterocycles. The topological polar surface area (TPSA) is 48.1 Å². The second-order valence-corrected chi connectivity index (χ2v) is 5.03. The molecular weight excluding hydrogens is 212 g/mol. The zero-order valence-electron chi connectivity index (χ0n) is 10.8. The highest BCUT2D eigenvalue weighted by molar-refractivity contribution is 5.25. The van der Waals surface area contributed by atoms with E-state index < -0.39 is 0 Å². The number of rotatable bonds is 4. The molecule has 2 N–H and O–H groups in total. The van der Waals surface area contributed by atoms with Gasteiger partial charge in [-0.25, -0.2) is 0 Å². The van der Waals surface area contributed by atoms with Crippen LogP contribution in [0.5, 0.6) is 0 Å². The number of pyridine rings is 1. The molecule has 0 saturated carbocycles. The molecule has 1 aliphatic rings. The van der Waals surface area contributed by atoms with E-state index in [4.69, 9.17) is 10.5 Å². The summed E-state index contributed by atoms with van der Waals surface area (Å²) in [5.41, 5.74) is 9.63. The first kappa shape index (κ1) is 12.5. The van der Waals surface area contributed by atoms with Crippen LogP contribution in [0, 0.1) is 13.8 Å². The number of aryl methyl sites for hydroxylation is 2. The first-order valence-electron chi connectivity index (χ1n) is 6.47. The lowest BCUT2D eigenvalue weighted by Gasteiger charge is -2.16. The van der Waals surface area contributed by atoms with Crippen molar-refractivity contribution in [2.45, 2.75) is 51.7 Å². The largest absolute Gasteiger partial charge is 0.378 e. The molecule has 1 aliphatic heterocycles. The summed E-state index contributed by atoms with van der Waals surface area (Å²) >= 11 is 0. The van der Waals surface area contributed by atoms with Crippen LogP contribution < -0.4 is 5.73 Å². The summed E-state index contributed by atoms with van der Waals surface area (Å²) in [4.78, 5) is 4.46. The summed E-state index contributed by atoms with van der Waals surface area (Å²) in [6.07, 6.45) is 6.72. The van der Waals surface area contributed by atoms with E-state index >= 15 is 0 Å². The Morgan fingerprint density at radius 1 is 1.53 bits per heavy atom. The van der Waals surface area contributed by atoms with E-state index in [2.05, 4.69) is 24.9 Å². The smallest absolute Gasteiger partial charge is 0.0600 e. The van der Waals surface area contributed by atoms with E-state index in [-0.39, 0.29) is 6.04 Å². The third-order valence-electron chi connectivity index (χ3n) is 3.43. The molecule has 1 aromatic heterocycles. The third-order valence-corrected chi connectivity index (χ3v) is 3.43. The van der Waals surface area contributed by atoms with Gasteiger partial charge in [0.2, 0.25) is 0 Å². The van der Waals surface area contributed by atoms with Crippen LogP contribution in [0.4, 0.5) is 0 Å². The number of nitrogens with two attached hydrogens (primary N) is 1. The van der Waals surface area contributed by atoms with Crippen molar-refractivity contribution in [3.63, 3.8) is 0 Å². The van der Waals surface area contributed by atoms with E-state index in [0.717, 1.165) is 25.1 Å². The summed E-state index contributed by atoms with van der Waals surface area (Å²) in [5, 5.41) is 0. The van der Waals surface area contributed by atoms with Crippen LogP contribution in [0.15, 0.2) is 12.3 Å². The van der Waals surface area contributed by atoms with Crippen LogP contribution >= 0.6 is 0 Å². The first-order chi connectivity index (χ1) is 8.16. The number of hydrogen-bond acceptors (Lipinski definition) is 3. The standard InChI is InChI=1S/C14H22N2O/c1-10-8-11(2)14(16-9-10)13(15)6-5-12-4-3-7-17-12/h8-9,12-13H,3-7,15H2,1-2H3. The molecule has 1 fully saturated rings. The van der Waals surface area contributed by atoms with Gasteiger partial charge in [-0.2, -0.15) is 0 Å². The molecule has 0 aromatic carbocycles. The Labute approximate surface area is 103 Å². The molecule has 2 heterocycles. The Hall–Kier alpha value is -0.930. The van der Waals surface area contributed by atoms with Crippen molar-refractivity contribution in [1.82, 2.24) is 4.98 Å². The number of hydrogen-bond donors (Lipinski definition) is 1. The highest BCUT2D eigenvalue weighted by Crippen LogP contribution is 2.23. The van der Waals surface area contributed by atoms with Crippen LogP contribution in [-0.4, -0.2) is 17.7 Å². The van der Waals surface area contributed by atoms with Gasteiger partial charge in [0.1, 0.15) is 0 Å². The van der Waals surface area contributed by atoms with Gasteiger partial charge in [-0.05, 0) is 50.7 Å². The van der Waals surface area contributed by atoms with Gasteiger partial charge < -0.3 is 10.5 Å². The van der Waals surface area contributed by atoms with Gasteiger partial charge >= 0.3 is 0 Å². The van der Waals surface area contributed by atoms with Crippen LogP contribution in [0.3, 0.4) is 0 Å². The SMILES string of the molecule is Cc1cnc(C(N)CCC2CCCO2)c(C)c1. The molecule has 0 bridgehead atoms. The van der Waals surface area contributed by atoms with Crippen LogP contribution in [-0.2, 0) is 4.74 Å². The molecular formula is C14H22N2O. The van der Waals surface area contributed by atoms with Gasteiger partial charge in [0.15, 0.2) is 0 Å². The summed E-state index contributed by atoms with van der Waals surface area (Å²) in [6, 6.07) is 2.19. The third kappa shape index (κ3) is 3.27. The van der Waals surface area contributed by atoms with Crippen LogP contribution in [0.25, 0.3) is 0 Å². The van der Waals surface area contributed by atoms with Gasteiger partial charge in [0.05, 0.1) is 11.8 Å². The van der Waals surface area contributed by atoms with Gasteiger partial charge in [-0.15, -0.1) is 0 Å². The molecule has 3 nitrogen and oxygen atoms in total. The first-order valence-corrected chi connectivity index (χ1v) is 6.47. The average Bonchev–Trinajstić information content (AvgIpc) is 2.78. The van der Waals surface area contributed by atoms with Crippen molar-refractivity contribution in [3.8, 4) is 0 Å². The van der Waals surface area contributed by atoms with E-state index in [0.29, 0.717) is 6.10 Å². The Morgan fingerprint density at radius 2 is 2.35 bits per heavy atom. The van der Waals surface area contributed by atoms with Gasteiger partial charge in [-0.1, -0.05) is 6.07 Å². The van der Waals surface area contributed by atoms with Crippen molar-refractivity contribution < 1.29 is 4.74 Å². The molecule has 3 heteroatoms. The molecule has 2 atom stereocenters. The van der Waals surface area contributed by atoms with Gasteiger partial charge in [0.25, 0.3) is 0 Å². The van der Waals surface area contributed by atoms with Crippen molar-refractivity contribution in [2.24, 2.45) is 5.73 Å². The van der Waals surface area contributed by atoms with E-state index in [9.17, 15) is 0 Å². The number of ether oxygens (including phenoxy) is 1. The lowest BCUT2D eigenvalue weighted by Crippen LogP contribution is -2.16. The fourth-order valence-corrected chi connectivity index (χ4v) is 2.49. The highest BCUT2D eigenvalue weighted by Gasteiger charge is 2.18. The predicted molar refractivity (Wildman–Crippen MR) is 68.8 cm³/mol. The normalized spacial score (nSPS) is 21.7. The molecule has 17 heavy (non-hydrogen) atoms. The van der Waals surface area contributed by atoms with Gasteiger partial charge in [0, 0.05) is 18.8 Å². The lowest BCUT2D eigenvalue weighted by atomic mass is 10.0. The minimum Gasteiger partial charge on any atom is -0.378 e. The minimum absolute atomic E-state index is 0.0415. The molecule has 0 aliphatic carbocycles. The Morgan fingerprint density at radius 3 is 3.00 bits per heavy atom. The molecule has 94 valence electrons. The van der Waals surface area contributed by atoms with Crippen molar-refractivity contribution in [1.29, 1.82) is 0 Å². The Balaban J connectivity index is 1.91. The molecule has 2 unspecified atom stereocenters. The van der Waals surface area contributed by atoms with Gasteiger partial charge in [-0.3, -0.25) is 4.98 Å². The van der Waals surface area contributed by atoms with E-state index in [1.54, 1.807) is 0 Å². The van der Waals surface area contributed by atoms with Crippen molar-refractivity contribution >= 4 is 0 Å². The summed E-state index contributed by atoms with van der Waals surface area (Å²) in [5.74, 6) is 0. The fourth-order valence-electron chi connectivity index (χ4n) is 2.49. The van der Waals surface area contributed by atoms with Crippen molar-refractivity contribution in [2.75, 3.05) is 6.61 Å². The molecule has 0 spiro atoms. The minimum atomic E-state index is 0.0415. The van der Waals surface area contributed by atoms with Crippen LogP contribution in [0.2, 0.25) is 0 Å². The Kier molecular flexibility index (Phi) is 4.13. The predicted octanol–water partition coefficient (Wildman–Crippen LogP) is 2.66. The maximum atomic E-state index is 6.21. The quantitative estimate of drug-likeness (QED) is 0.871. The maximum Gasteiger partial charge on any atom is 0.0600 e. The second kappa shape index (κ2) is 5.61. The highest BCUT2D eigenvalue weighted by atomic mass is 16.5. The molecule has 0 amide bonds. The molecule has 1 aromatic rings. The van der Waals surface area contributed by atoms with E-state index in [1.807, 2.05) is 6.20 Å². The molecule has 2 rings (SSSR count).